The second kappa shape index (κ2) is 5.66. The van der Waals surface area contributed by atoms with Crippen LogP contribution in [0.15, 0.2) is 18.2 Å². The molecule has 0 saturated carbocycles. The topological polar surface area (TPSA) is 21.3 Å². The summed E-state index contributed by atoms with van der Waals surface area (Å²) in [7, 11) is 3.67. The molecule has 2 nitrogen and oxygen atoms in total. The largest absolute Gasteiger partial charge is 0.388 e. The first-order chi connectivity index (χ1) is 6.81. The summed E-state index contributed by atoms with van der Waals surface area (Å²) in [6, 6.07) is 6.46. The summed E-state index contributed by atoms with van der Waals surface area (Å²) < 4.78 is 5.19. The molecule has 1 aromatic rings. The van der Waals surface area contributed by atoms with Gasteiger partial charge in [0.15, 0.2) is 0 Å². The fourth-order valence-corrected chi connectivity index (χ4v) is 1.58. The number of hydrogen-bond acceptors (Lipinski definition) is 2. The summed E-state index contributed by atoms with van der Waals surface area (Å²) in [5, 5.41) is 3.14. The Morgan fingerprint density at radius 2 is 2.07 bits per heavy atom. The Labute approximate surface area is 86.3 Å². The molecule has 0 unspecified atom stereocenters. The monoisotopic (exact) mass is 193 g/mol. The van der Waals surface area contributed by atoms with E-state index in [1.54, 1.807) is 7.11 Å². The molecular weight excluding hydrogens is 174 g/mol. The van der Waals surface area contributed by atoms with Crippen molar-refractivity contribution in [2.75, 3.05) is 19.5 Å². The summed E-state index contributed by atoms with van der Waals surface area (Å²) >= 11 is 0. The van der Waals surface area contributed by atoms with Crippen LogP contribution in [0.3, 0.4) is 0 Å². The first-order valence-corrected chi connectivity index (χ1v) is 5.10. The molecule has 0 spiro atoms. The Hall–Kier alpha value is -1.02. The first kappa shape index (κ1) is 11.1. The lowest BCUT2D eigenvalue weighted by molar-refractivity contribution is 0.184. The summed E-state index contributed by atoms with van der Waals surface area (Å²) in [6.07, 6.45) is 2.30. The molecule has 0 amide bonds. The standard InChI is InChI=1S/C12H19NO/c1-4-5-10-6-7-12(13-2)8-11(10)9-14-3/h6-8,13H,4-5,9H2,1-3H3. The van der Waals surface area contributed by atoms with Crippen molar-refractivity contribution in [2.24, 2.45) is 0 Å². The minimum atomic E-state index is 0.699. The second-order valence-electron chi connectivity index (χ2n) is 3.42. The minimum Gasteiger partial charge on any atom is -0.388 e. The van der Waals surface area contributed by atoms with Crippen LogP contribution in [0.4, 0.5) is 5.69 Å². The second-order valence-corrected chi connectivity index (χ2v) is 3.42. The van der Waals surface area contributed by atoms with E-state index in [4.69, 9.17) is 4.74 Å². The molecule has 0 aliphatic rings. The maximum Gasteiger partial charge on any atom is 0.0716 e. The van der Waals surface area contributed by atoms with E-state index < -0.39 is 0 Å². The Morgan fingerprint density at radius 1 is 1.29 bits per heavy atom. The fraction of sp³-hybridized carbons (Fsp3) is 0.500. The van der Waals surface area contributed by atoms with E-state index in [1.165, 1.54) is 17.5 Å². The van der Waals surface area contributed by atoms with Crippen molar-refractivity contribution >= 4 is 5.69 Å². The van der Waals surface area contributed by atoms with Crippen LogP contribution in [0, 0.1) is 0 Å². The van der Waals surface area contributed by atoms with Gasteiger partial charge in [-0.3, -0.25) is 0 Å². The van der Waals surface area contributed by atoms with Crippen LogP contribution in [0.25, 0.3) is 0 Å². The Balaban J connectivity index is 2.91. The number of anilines is 1. The van der Waals surface area contributed by atoms with Crippen molar-refractivity contribution in [1.29, 1.82) is 0 Å². The number of methoxy groups -OCH3 is 1. The van der Waals surface area contributed by atoms with Crippen LogP contribution in [0.1, 0.15) is 24.5 Å². The number of rotatable bonds is 5. The van der Waals surface area contributed by atoms with E-state index in [1.807, 2.05) is 7.05 Å². The van der Waals surface area contributed by atoms with E-state index in [9.17, 15) is 0 Å². The lowest BCUT2D eigenvalue weighted by atomic mass is 10.0. The van der Waals surface area contributed by atoms with Gasteiger partial charge in [-0.25, -0.2) is 0 Å². The predicted octanol–water partition coefficient (Wildman–Crippen LogP) is 2.83. The molecule has 0 aliphatic carbocycles. The quantitative estimate of drug-likeness (QED) is 0.776. The maximum absolute atomic E-state index is 5.19. The van der Waals surface area contributed by atoms with Gasteiger partial charge in [-0.2, -0.15) is 0 Å². The third-order valence-electron chi connectivity index (χ3n) is 2.31. The highest BCUT2D eigenvalue weighted by atomic mass is 16.5. The molecule has 0 aliphatic heterocycles. The Bertz CT molecular complexity index is 284. The average Bonchev–Trinajstić information content (AvgIpc) is 2.21. The van der Waals surface area contributed by atoms with Crippen LogP contribution in [0.2, 0.25) is 0 Å². The van der Waals surface area contributed by atoms with E-state index in [0.29, 0.717) is 6.61 Å². The van der Waals surface area contributed by atoms with Gasteiger partial charge < -0.3 is 10.1 Å². The number of aryl methyl sites for hydroxylation is 1. The molecule has 0 radical (unpaired) electrons. The highest BCUT2D eigenvalue weighted by Gasteiger charge is 2.02. The molecule has 1 N–H and O–H groups in total. The summed E-state index contributed by atoms with van der Waals surface area (Å²) in [5.41, 5.74) is 3.84. The highest BCUT2D eigenvalue weighted by molar-refractivity contribution is 5.48. The van der Waals surface area contributed by atoms with Crippen LogP contribution < -0.4 is 5.32 Å². The third-order valence-corrected chi connectivity index (χ3v) is 2.31. The lowest BCUT2D eigenvalue weighted by Gasteiger charge is -2.10. The Kier molecular flexibility index (Phi) is 4.47. The van der Waals surface area contributed by atoms with Gasteiger partial charge >= 0.3 is 0 Å². The molecule has 0 bridgehead atoms. The van der Waals surface area contributed by atoms with Gasteiger partial charge in [-0.15, -0.1) is 0 Å². The van der Waals surface area contributed by atoms with Gasteiger partial charge in [0.2, 0.25) is 0 Å². The van der Waals surface area contributed by atoms with Crippen molar-refractivity contribution in [2.45, 2.75) is 26.4 Å². The zero-order chi connectivity index (χ0) is 10.4. The SMILES string of the molecule is CCCc1ccc(NC)cc1COC. The van der Waals surface area contributed by atoms with Gasteiger partial charge in [0.05, 0.1) is 6.61 Å². The minimum absolute atomic E-state index is 0.699. The van der Waals surface area contributed by atoms with E-state index in [-0.39, 0.29) is 0 Å². The molecule has 0 heterocycles. The van der Waals surface area contributed by atoms with E-state index in [0.717, 1.165) is 12.1 Å². The van der Waals surface area contributed by atoms with Gasteiger partial charge in [-0.1, -0.05) is 19.4 Å². The predicted molar refractivity (Wildman–Crippen MR) is 60.7 cm³/mol. The van der Waals surface area contributed by atoms with Crippen molar-refractivity contribution in [3.05, 3.63) is 29.3 Å². The number of nitrogens with one attached hydrogen (secondary N) is 1. The molecule has 2 heteroatoms. The van der Waals surface area contributed by atoms with E-state index in [2.05, 4.69) is 30.4 Å². The molecule has 0 aromatic heterocycles. The third kappa shape index (κ3) is 2.74. The zero-order valence-electron chi connectivity index (χ0n) is 9.26. The molecule has 0 atom stereocenters. The zero-order valence-corrected chi connectivity index (χ0v) is 9.26. The van der Waals surface area contributed by atoms with Crippen LogP contribution in [-0.4, -0.2) is 14.2 Å². The van der Waals surface area contributed by atoms with Crippen molar-refractivity contribution in [3.63, 3.8) is 0 Å². The average molecular weight is 193 g/mol. The van der Waals surface area contributed by atoms with Gasteiger partial charge in [0.25, 0.3) is 0 Å². The molecule has 14 heavy (non-hydrogen) atoms. The maximum atomic E-state index is 5.19. The smallest absolute Gasteiger partial charge is 0.0716 e. The summed E-state index contributed by atoms with van der Waals surface area (Å²) in [4.78, 5) is 0. The Morgan fingerprint density at radius 3 is 2.64 bits per heavy atom. The number of hydrogen-bond donors (Lipinski definition) is 1. The molecular formula is C12H19NO. The molecule has 0 saturated heterocycles. The first-order valence-electron chi connectivity index (χ1n) is 5.10. The lowest BCUT2D eigenvalue weighted by Crippen LogP contribution is -1.98. The van der Waals surface area contributed by atoms with Crippen LogP contribution in [0.5, 0.6) is 0 Å². The van der Waals surface area contributed by atoms with Crippen LogP contribution >= 0.6 is 0 Å². The van der Waals surface area contributed by atoms with Gasteiger partial charge in [0, 0.05) is 19.8 Å². The molecule has 78 valence electrons. The fourth-order valence-electron chi connectivity index (χ4n) is 1.58. The van der Waals surface area contributed by atoms with Crippen molar-refractivity contribution in [3.8, 4) is 0 Å². The van der Waals surface area contributed by atoms with Crippen LogP contribution in [-0.2, 0) is 17.8 Å². The summed E-state index contributed by atoms with van der Waals surface area (Å²) in [6.45, 7) is 2.90. The molecule has 1 aromatic carbocycles. The summed E-state index contributed by atoms with van der Waals surface area (Å²) in [5.74, 6) is 0. The number of benzene rings is 1. The number of ether oxygens (including phenoxy) is 1. The van der Waals surface area contributed by atoms with Gasteiger partial charge in [-0.05, 0) is 29.7 Å². The molecule has 1 rings (SSSR count). The highest BCUT2D eigenvalue weighted by Crippen LogP contribution is 2.17. The van der Waals surface area contributed by atoms with Gasteiger partial charge in [0.1, 0.15) is 0 Å². The normalized spacial score (nSPS) is 10.2. The van der Waals surface area contributed by atoms with Crippen molar-refractivity contribution < 1.29 is 4.74 Å². The van der Waals surface area contributed by atoms with Crippen molar-refractivity contribution in [1.82, 2.24) is 0 Å². The van der Waals surface area contributed by atoms with E-state index >= 15 is 0 Å². The molecule has 0 fully saturated rings.